The van der Waals surface area contributed by atoms with Gasteiger partial charge >= 0.3 is 27.0 Å². The Labute approximate surface area is 97.7 Å². The summed E-state index contributed by atoms with van der Waals surface area (Å²) in [6.45, 7) is 8.92. The number of hydrogen-bond donors (Lipinski definition) is 0. The molecule has 1 saturated heterocycles. The molecule has 1 nitrogen and oxygen atoms in total. The van der Waals surface area contributed by atoms with Crippen molar-refractivity contribution in [2.24, 2.45) is 0 Å². The van der Waals surface area contributed by atoms with Crippen molar-refractivity contribution in [2.45, 2.75) is 65.5 Å². The molecular weight excluding hydrogens is 235 g/mol. The second kappa shape index (κ2) is 6.37. The second-order valence-electron chi connectivity index (χ2n) is 4.59. The van der Waals surface area contributed by atoms with E-state index in [2.05, 4.69) is 27.7 Å². The number of piperidine rings is 1. The Morgan fingerprint density at radius 2 is 1.31 bits per heavy atom. The number of rotatable bonds is 0. The minimum atomic E-state index is 0. The summed E-state index contributed by atoms with van der Waals surface area (Å²) in [6.07, 6.45) is 3.86. The quantitative estimate of drug-likeness (QED) is 0.570. The zero-order valence-electron chi connectivity index (χ0n) is 8.65. The van der Waals surface area contributed by atoms with Gasteiger partial charge in [0.1, 0.15) is 0 Å². The van der Waals surface area contributed by atoms with Crippen LogP contribution in [0.5, 0.6) is 0 Å². The average molecular weight is 257 g/mol. The van der Waals surface area contributed by atoms with Gasteiger partial charge < -0.3 is 5.32 Å². The molecule has 0 unspecified atom stereocenters. The van der Waals surface area contributed by atoms with Crippen molar-refractivity contribution in [1.29, 1.82) is 0 Å². The first kappa shape index (κ1) is 16.3. The van der Waals surface area contributed by atoms with Crippen molar-refractivity contribution < 1.29 is 17.3 Å². The van der Waals surface area contributed by atoms with Crippen molar-refractivity contribution in [3.8, 4) is 0 Å². The van der Waals surface area contributed by atoms with Gasteiger partial charge in [-0.2, -0.15) is 0 Å². The van der Waals surface area contributed by atoms with E-state index in [-0.39, 0.29) is 18.5 Å². The molecule has 1 aliphatic rings. The Morgan fingerprint density at radius 3 is 1.46 bits per heavy atom. The van der Waals surface area contributed by atoms with E-state index in [4.69, 9.17) is 15.0 Å². The number of nitrogens with zero attached hydrogens (tertiary/aromatic N) is 1. The van der Waals surface area contributed by atoms with Gasteiger partial charge in [0.25, 0.3) is 0 Å². The molecule has 76 valence electrons. The van der Waals surface area contributed by atoms with Crippen LogP contribution in [-0.4, -0.2) is 11.1 Å². The van der Waals surface area contributed by atoms with Gasteiger partial charge in [-0.15, -0.1) is 11.1 Å². The monoisotopic (exact) mass is 255 g/mol. The molecule has 0 aromatic heterocycles. The first-order valence-electron chi connectivity index (χ1n) is 4.42. The Kier molecular flexibility index (Phi) is 8.00. The molecule has 1 heterocycles. The summed E-state index contributed by atoms with van der Waals surface area (Å²) in [5.41, 5.74) is 0.476. The molecule has 0 radical (unpaired) electrons. The maximum atomic E-state index is 4.76. The van der Waals surface area contributed by atoms with E-state index in [1.165, 1.54) is 19.3 Å². The van der Waals surface area contributed by atoms with Gasteiger partial charge in [-0.3, -0.25) is 0 Å². The first-order chi connectivity index (χ1) is 5.41. The van der Waals surface area contributed by atoms with Crippen molar-refractivity contribution in [1.82, 2.24) is 0 Å². The summed E-state index contributed by atoms with van der Waals surface area (Å²) in [7, 11) is 4.76. The van der Waals surface area contributed by atoms with E-state index < -0.39 is 0 Å². The van der Waals surface area contributed by atoms with Gasteiger partial charge in [-0.1, -0.05) is 54.4 Å². The Morgan fingerprint density at radius 1 is 1.00 bits per heavy atom. The third-order valence-corrected chi connectivity index (χ3v) is 2.18. The molecule has 3 heteroatoms. The summed E-state index contributed by atoms with van der Waals surface area (Å²) in [6, 6.07) is 0. The topological polar surface area (TPSA) is 14.1 Å². The molecule has 0 saturated carbocycles. The van der Waals surface area contributed by atoms with Crippen molar-refractivity contribution in [3.63, 3.8) is 0 Å². The predicted molar refractivity (Wildman–Crippen MR) is 58.0 cm³/mol. The van der Waals surface area contributed by atoms with Gasteiger partial charge in [0, 0.05) is 0 Å². The number of halogens is 1. The van der Waals surface area contributed by atoms with Crippen LogP contribution in [0.25, 0.3) is 5.32 Å². The van der Waals surface area contributed by atoms with E-state index in [0.717, 1.165) is 17.3 Å². The first-order valence-corrected chi connectivity index (χ1v) is 8.32. The third kappa shape index (κ3) is 6.88. The Bertz CT molecular complexity index is 121. The van der Waals surface area contributed by atoms with Crippen molar-refractivity contribution in [2.75, 3.05) is 0 Å². The standard InChI is InChI=1S/C9H18N.CH4.ClH.Zn/c1-8(2)6-5-7-9(3,4)10-8;;;/h5-7H2,1-4H3;1H4;1H;/q-1;;;+2/p-1. The molecule has 0 N–H and O–H groups in total. The summed E-state index contributed by atoms with van der Waals surface area (Å²) < 4.78 is 0. The van der Waals surface area contributed by atoms with Crippen molar-refractivity contribution in [3.05, 3.63) is 5.32 Å². The summed E-state index contributed by atoms with van der Waals surface area (Å²) in [5, 5.41) is 4.75. The third-order valence-electron chi connectivity index (χ3n) is 2.18. The average Bonchev–Trinajstić information content (AvgIpc) is 1.86. The van der Waals surface area contributed by atoms with Crippen LogP contribution in [0.4, 0.5) is 0 Å². The van der Waals surface area contributed by atoms with E-state index in [1.807, 2.05) is 0 Å². The zero-order chi connectivity index (χ0) is 9.83. The summed E-state index contributed by atoms with van der Waals surface area (Å²) in [5.74, 6) is 0. The molecule has 0 aliphatic carbocycles. The Hall–Kier alpha value is 0.873. The van der Waals surface area contributed by atoms with Gasteiger partial charge in [-0.25, -0.2) is 0 Å². The predicted octanol–water partition coefficient (Wildman–Crippen LogP) is 4.42. The maximum absolute atomic E-state index is 4.76. The van der Waals surface area contributed by atoms with Gasteiger partial charge in [0.15, 0.2) is 0 Å². The van der Waals surface area contributed by atoms with Crippen LogP contribution >= 0.6 is 9.69 Å². The molecule has 0 aromatic carbocycles. The SMILES string of the molecule is C.CC1(C)CCCC(C)(C)[N-]1.[Cl][Zn+]. The van der Waals surface area contributed by atoms with Crippen LogP contribution in [0.3, 0.4) is 0 Å². The molecule has 0 amide bonds. The van der Waals surface area contributed by atoms with Crippen LogP contribution < -0.4 is 0 Å². The van der Waals surface area contributed by atoms with E-state index in [1.54, 1.807) is 0 Å². The molecule has 1 rings (SSSR count). The Balaban J connectivity index is 0. The van der Waals surface area contributed by atoms with E-state index in [0.29, 0.717) is 0 Å². The molecule has 0 spiro atoms. The molecule has 0 atom stereocenters. The number of hydrogen-bond acceptors (Lipinski definition) is 0. The van der Waals surface area contributed by atoms with Gasteiger partial charge in [-0.05, 0) is 0 Å². The van der Waals surface area contributed by atoms with Crippen LogP contribution in [0, 0.1) is 0 Å². The van der Waals surface area contributed by atoms with E-state index in [9.17, 15) is 0 Å². The molecular formula is C10H22ClNZn. The van der Waals surface area contributed by atoms with E-state index >= 15 is 0 Å². The fourth-order valence-electron chi connectivity index (χ4n) is 1.88. The zero-order valence-corrected chi connectivity index (χ0v) is 12.4. The molecule has 0 aromatic rings. The van der Waals surface area contributed by atoms with Crippen LogP contribution in [-0.2, 0) is 17.3 Å². The minimum absolute atomic E-state index is 0. The fraction of sp³-hybridized carbons (Fsp3) is 1.00. The van der Waals surface area contributed by atoms with Crippen molar-refractivity contribution >= 4 is 9.69 Å². The van der Waals surface area contributed by atoms with Gasteiger partial charge in [0.2, 0.25) is 0 Å². The van der Waals surface area contributed by atoms with Crippen LogP contribution in [0.1, 0.15) is 54.4 Å². The normalized spacial score (nSPS) is 23.6. The second-order valence-corrected chi connectivity index (χ2v) is 4.59. The summed E-state index contributed by atoms with van der Waals surface area (Å²) >= 11 is 0.847. The molecule has 0 bridgehead atoms. The van der Waals surface area contributed by atoms with Crippen LogP contribution in [0.15, 0.2) is 0 Å². The fourth-order valence-corrected chi connectivity index (χ4v) is 1.88. The summed E-state index contributed by atoms with van der Waals surface area (Å²) in [4.78, 5) is 0. The van der Waals surface area contributed by atoms with Gasteiger partial charge in [0.05, 0.1) is 0 Å². The molecule has 1 fully saturated rings. The van der Waals surface area contributed by atoms with Crippen LogP contribution in [0.2, 0.25) is 0 Å². The molecule has 13 heavy (non-hydrogen) atoms. The molecule has 1 aliphatic heterocycles.